The zero-order valence-corrected chi connectivity index (χ0v) is 13.5. The topological polar surface area (TPSA) is 62.1 Å². The van der Waals surface area contributed by atoms with Crippen molar-refractivity contribution in [3.05, 3.63) is 0 Å². The molecule has 118 valence electrons. The summed E-state index contributed by atoms with van der Waals surface area (Å²) in [6.07, 6.45) is 8.12. The Morgan fingerprint density at radius 1 is 1.29 bits per heavy atom. The first-order valence-electron chi connectivity index (χ1n) is 8.27. The van der Waals surface area contributed by atoms with Crippen LogP contribution in [0.3, 0.4) is 0 Å². The molecule has 21 heavy (non-hydrogen) atoms. The van der Waals surface area contributed by atoms with Crippen molar-refractivity contribution in [1.82, 2.24) is 5.32 Å². The Kier molecular flexibility index (Phi) is 5.27. The number of hydrogen-bond acceptors (Lipinski definition) is 4. The molecule has 4 heteroatoms. The van der Waals surface area contributed by atoms with E-state index in [0.717, 1.165) is 6.42 Å². The Hall–Kier alpha value is -1.08. The minimum absolute atomic E-state index is 0.0653. The second kappa shape index (κ2) is 6.79. The van der Waals surface area contributed by atoms with E-state index in [-0.39, 0.29) is 24.0 Å². The van der Waals surface area contributed by atoms with Gasteiger partial charge in [0, 0.05) is 6.04 Å². The number of ether oxygens (including phenoxy) is 1. The summed E-state index contributed by atoms with van der Waals surface area (Å²) >= 11 is 0. The maximum Gasteiger partial charge on any atom is 0.323 e. The summed E-state index contributed by atoms with van der Waals surface area (Å²) in [6.45, 7) is 5.63. The van der Waals surface area contributed by atoms with Gasteiger partial charge in [-0.3, -0.25) is 4.79 Å². The molecule has 0 aromatic heterocycles. The molecule has 0 bridgehead atoms. The number of nitrogens with zero attached hydrogens (tertiary/aromatic N) is 1. The predicted octanol–water partition coefficient (Wildman–Crippen LogP) is 3.17. The van der Waals surface area contributed by atoms with Gasteiger partial charge < -0.3 is 10.1 Å². The first kappa shape index (κ1) is 16.3. The van der Waals surface area contributed by atoms with Gasteiger partial charge in [-0.1, -0.05) is 32.1 Å². The van der Waals surface area contributed by atoms with Gasteiger partial charge in [0.05, 0.1) is 12.0 Å². The largest absolute Gasteiger partial charge is 0.459 e. The Morgan fingerprint density at radius 3 is 2.52 bits per heavy atom. The fourth-order valence-corrected chi connectivity index (χ4v) is 3.55. The number of nitrogens with one attached hydrogen (secondary N) is 1. The molecular formula is C17H28N2O2. The Bertz CT molecular complexity index is 402. The smallest absolute Gasteiger partial charge is 0.323 e. The molecule has 1 saturated heterocycles. The lowest BCUT2D eigenvalue weighted by molar-refractivity contribution is -0.157. The van der Waals surface area contributed by atoms with Crippen molar-refractivity contribution < 1.29 is 9.53 Å². The lowest BCUT2D eigenvalue weighted by Gasteiger charge is -2.26. The number of carbonyl (C=O) groups is 1. The van der Waals surface area contributed by atoms with Crippen molar-refractivity contribution in [2.45, 2.75) is 83.4 Å². The summed E-state index contributed by atoms with van der Waals surface area (Å²) in [5.74, 6) is 0.433. The molecule has 2 fully saturated rings. The van der Waals surface area contributed by atoms with Gasteiger partial charge in [0.15, 0.2) is 0 Å². The molecule has 1 aliphatic heterocycles. The number of hydrogen-bond donors (Lipinski definition) is 1. The van der Waals surface area contributed by atoms with Gasteiger partial charge in [0.25, 0.3) is 0 Å². The molecule has 0 spiro atoms. The van der Waals surface area contributed by atoms with Crippen molar-refractivity contribution >= 4 is 5.97 Å². The van der Waals surface area contributed by atoms with E-state index in [9.17, 15) is 10.1 Å². The highest BCUT2D eigenvalue weighted by Crippen LogP contribution is 2.32. The molecule has 1 saturated carbocycles. The fraction of sp³-hybridized carbons (Fsp3) is 0.882. The van der Waals surface area contributed by atoms with E-state index in [0.29, 0.717) is 12.3 Å². The maximum absolute atomic E-state index is 12.2. The molecule has 3 unspecified atom stereocenters. The average Bonchev–Trinajstić information content (AvgIpc) is 2.81. The summed E-state index contributed by atoms with van der Waals surface area (Å²) < 4.78 is 5.44. The number of esters is 1. The van der Waals surface area contributed by atoms with Gasteiger partial charge in [0.1, 0.15) is 11.6 Å². The molecule has 3 atom stereocenters. The molecule has 4 nitrogen and oxygen atoms in total. The summed E-state index contributed by atoms with van der Waals surface area (Å²) in [4.78, 5) is 12.2. The van der Waals surface area contributed by atoms with E-state index < -0.39 is 5.60 Å². The average molecular weight is 292 g/mol. The molecule has 1 heterocycles. The predicted molar refractivity (Wildman–Crippen MR) is 81.5 cm³/mol. The molecule has 0 aromatic carbocycles. The summed E-state index contributed by atoms with van der Waals surface area (Å²) in [5.41, 5.74) is -0.470. The minimum Gasteiger partial charge on any atom is -0.459 e. The second-order valence-electron chi connectivity index (χ2n) is 7.57. The number of nitriles is 1. The highest BCUT2D eigenvalue weighted by Gasteiger charge is 2.40. The SMILES string of the molecule is CC(C)(C)OC(=O)C1CC(C#N)C(CC2CCCCC2)N1. The lowest BCUT2D eigenvalue weighted by atomic mass is 9.82. The van der Waals surface area contributed by atoms with Crippen LogP contribution in [0.4, 0.5) is 0 Å². The molecule has 1 aliphatic carbocycles. The van der Waals surface area contributed by atoms with E-state index in [2.05, 4.69) is 11.4 Å². The van der Waals surface area contributed by atoms with Crippen LogP contribution in [0.25, 0.3) is 0 Å². The lowest BCUT2D eigenvalue weighted by Crippen LogP contribution is -2.41. The molecule has 1 N–H and O–H groups in total. The van der Waals surface area contributed by atoms with Crippen molar-refractivity contribution in [2.75, 3.05) is 0 Å². The normalized spacial score (nSPS) is 30.9. The van der Waals surface area contributed by atoms with Gasteiger partial charge in [-0.05, 0) is 39.5 Å². The van der Waals surface area contributed by atoms with E-state index >= 15 is 0 Å². The van der Waals surface area contributed by atoms with Crippen LogP contribution >= 0.6 is 0 Å². The van der Waals surface area contributed by atoms with Gasteiger partial charge in [-0.2, -0.15) is 5.26 Å². The zero-order chi connectivity index (χ0) is 15.5. The third kappa shape index (κ3) is 4.71. The van der Waals surface area contributed by atoms with E-state index in [1.807, 2.05) is 20.8 Å². The van der Waals surface area contributed by atoms with Crippen LogP contribution in [-0.4, -0.2) is 23.7 Å². The summed E-state index contributed by atoms with van der Waals surface area (Å²) in [7, 11) is 0. The molecule has 2 rings (SSSR count). The van der Waals surface area contributed by atoms with Crippen LogP contribution in [0, 0.1) is 23.2 Å². The second-order valence-corrected chi connectivity index (χ2v) is 7.57. The standard InChI is InChI=1S/C17H28N2O2/c1-17(2,3)21-16(20)15-10-13(11-18)14(19-15)9-12-7-5-4-6-8-12/h12-15,19H,4-10H2,1-3H3. The van der Waals surface area contributed by atoms with E-state index in [4.69, 9.17) is 4.74 Å². The van der Waals surface area contributed by atoms with Gasteiger partial charge >= 0.3 is 5.97 Å². The van der Waals surface area contributed by atoms with E-state index in [1.165, 1.54) is 32.1 Å². The first-order valence-corrected chi connectivity index (χ1v) is 8.27. The van der Waals surface area contributed by atoms with E-state index in [1.54, 1.807) is 0 Å². The van der Waals surface area contributed by atoms with Crippen LogP contribution in [0.5, 0.6) is 0 Å². The van der Waals surface area contributed by atoms with Gasteiger partial charge in [-0.15, -0.1) is 0 Å². The molecule has 2 aliphatic rings. The summed E-state index contributed by atoms with van der Waals surface area (Å²) in [6, 6.07) is 2.21. The van der Waals surface area contributed by atoms with Crippen LogP contribution < -0.4 is 5.32 Å². The molecule has 0 aromatic rings. The van der Waals surface area contributed by atoms with Crippen LogP contribution in [0.15, 0.2) is 0 Å². The van der Waals surface area contributed by atoms with Gasteiger partial charge in [0.2, 0.25) is 0 Å². The van der Waals surface area contributed by atoms with Crippen LogP contribution in [-0.2, 0) is 9.53 Å². The highest BCUT2D eigenvalue weighted by molar-refractivity contribution is 5.76. The maximum atomic E-state index is 12.2. The number of carbonyl (C=O) groups excluding carboxylic acids is 1. The van der Waals surface area contributed by atoms with Crippen LogP contribution in [0.1, 0.15) is 65.7 Å². The molecular weight excluding hydrogens is 264 g/mol. The first-order chi connectivity index (χ1) is 9.89. The summed E-state index contributed by atoms with van der Waals surface area (Å²) in [5, 5.41) is 12.7. The van der Waals surface area contributed by atoms with Gasteiger partial charge in [-0.25, -0.2) is 0 Å². The number of rotatable bonds is 3. The Labute approximate surface area is 128 Å². The van der Waals surface area contributed by atoms with Crippen molar-refractivity contribution in [1.29, 1.82) is 5.26 Å². The monoisotopic (exact) mass is 292 g/mol. The third-order valence-electron chi connectivity index (χ3n) is 4.56. The molecule has 0 amide bonds. The van der Waals surface area contributed by atoms with Crippen molar-refractivity contribution in [3.63, 3.8) is 0 Å². The Morgan fingerprint density at radius 2 is 1.95 bits per heavy atom. The third-order valence-corrected chi connectivity index (χ3v) is 4.56. The highest BCUT2D eigenvalue weighted by atomic mass is 16.6. The van der Waals surface area contributed by atoms with Crippen molar-refractivity contribution in [3.8, 4) is 6.07 Å². The zero-order valence-electron chi connectivity index (χ0n) is 13.5. The minimum atomic E-state index is -0.470. The Balaban J connectivity index is 1.91. The molecule has 0 radical (unpaired) electrons. The fourth-order valence-electron chi connectivity index (χ4n) is 3.55. The van der Waals surface area contributed by atoms with Crippen molar-refractivity contribution in [2.24, 2.45) is 11.8 Å². The quantitative estimate of drug-likeness (QED) is 0.812. The van der Waals surface area contributed by atoms with Crippen LogP contribution in [0.2, 0.25) is 0 Å².